The fourth-order valence-electron chi connectivity index (χ4n) is 3.97. The molecule has 2 aromatic rings. The van der Waals surface area contributed by atoms with Crippen LogP contribution >= 0.6 is 0 Å². The number of piperidine rings is 1. The van der Waals surface area contributed by atoms with Gasteiger partial charge in [-0.3, -0.25) is 4.79 Å². The molecule has 2 aliphatic rings. The molecular formula is C24H27N5O. The van der Waals surface area contributed by atoms with Crippen molar-refractivity contribution in [3.8, 4) is 0 Å². The predicted octanol–water partition coefficient (Wildman–Crippen LogP) is 4.51. The van der Waals surface area contributed by atoms with E-state index >= 15 is 0 Å². The number of hydrogen-bond donors (Lipinski definition) is 0. The average Bonchev–Trinajstić information content (AvgIpc) is 3.09. The van der Waals surface area contributed by atoms with Gasteiger partial charge in [0, 0.05) is 18.8 Å². The number of carbonyl (C=O) groups is 1. The van der Waals surface area contributed by atoms with Crippen molar-refractivity contribution in [2.24, 2.45) is 21.2 Å². The fraction of sp³-hybridized carbons (Fsp3) is 0.333. The van der Waals surface area contributed by atoms with Crippen molar-refractivity contribution in [2.45, 2.75) is 33.1 Å². The molecule has 1 amide bonds. The minimum Gasteiger partial charge on any atom is -0.372 e. The van der Waals surface area contributed by atoms with Gasteiger partial charge in [-0.2, -0.15) is 20.3 Å². The number of nitrogens with zero attached hydrogens (tertiary/aromatic N) is 5. The maximum absolute atomic E-state index is 12.9. The Balaban J connectivity index is 1.42. The molecule has 2 aromatic carbocycles. The highest BCUT2D eigenvalue weighted by molar-refractivity contribution is 6.27. The molecule has 0 bridgehead atoms. The van der Waals surface area contributed by atoms with Crippen molar-refractivity contribution < 1.29 is 4.79 Å². The maximum atomic E-state index is 12.9. The Morgan fingerprint density at radius 1 is 1.00 bits per heavy atom. The van der Waals surface area contributed by atoms with E-state index in [9.17, 15) is 4.79 Å². The molecule has 1 fully saturated rings. The average molecular weight is 402 g/mol. The molecule has 0 aliphatic carbocycles. The molecule has 0 radical (unpaired) electrons. The summed E-state index contributed by atoms with van der Waals surface area (Å²) in [5, 5.41) is 14.4. The van der Waals surface area contributed by atoms with Gasteiger partial charge in [0.05, 0.1) is 23.3 Å². The molecule has 6 nitrogen and oxygen atoms in total. The second-order valence-electron chi connectivity index (χ2n) is 7.79. The standard InChI is InChI=1S/C24H27N5O/c1-18(23-19(2)27-29(24(23)30)22-9-5-3-6-10-22)26-25-17-20-11-13-21(14-12-20)28-15-7-4-8-16-28/h3,5-6,9-14,17,23H,4,7-8,15-16H2,1-2H3/b25-17+,26-18-. The molecule has 1 unspecified atom stereocenters. The van der Waals surface area contributed by atoms with E-state index in [0.29, 0.717) is 5.71 Å². The van der Waals surface area contributed by atoms with Crippen LogP contribution in [-0.4, -0.2) is 36.6 Å². The second kappa shape index (κ2) is 9.03. The van der Waals surface area contributed by atoms with E-state index in [4.69, 9.17) is 0 Å². The van der Waals surface area contributed by atoms with Gasteiger partial charge < -0.3 is 4.90 Å². The topological polar surface area (TPSA) is 60.6 Å². The number of hydrogen-bond acceptors (Lipinski definition) is 5. The number of anilines is 2. The van der Waals surface area contributed by atoms with Crippen LogP contribution in [0, 0.1) is 5.92 Å². The van der Waals surface area contributed by atoms with Crippen LogP contribution in [-0.2, 0) is 4.79 Å². The Bertz CT molecular complexity index is 972. The number of benzene rings is 2. The Hall–Kier alpha value is -3.28. The zero-order valence-electron chi connectivity index (χ0n) is 17.5. The summed E-state index contributed by atoms with van der Waals surface area (Å²) in [5.41, 5.74) is 4.37. The molecule has 0 aromatic heterocycles. The minimum atomic E-state index is -0.469. The molecule has 154 valence electrons. The number of para-hydroxylation sites is 1. The Morgan fingerprint density at radius 2 is 1.70 bits per heavy atom. The van der Waals surface area contributed by atoms with Crippen molar-refractivity contribution in [2.75, 3.05) is 23.0 Å². The van der Waals surface area contributed by atoms with Gasteiger partial charge in [-0.25, -0.2) is 0 Å². The molecule has 2 aliphatic heterocycles. The first-order valence-corrected chi connectivity index (χ1v) is 10.5. The Labute approximate surface area is 177 Å². The van der Waals surface area contributed by atoms with Crippen LogP contribution in [0.1, 0.15) is 38.7 Å². The minimum absolute atomic E-state index is 0.0963. The fourth-order valence-corrected chi connectivity index (χ4v) is 3.97. The van der Waals surface area contributed by atoms with Crippen molar-refractivity contribution >= 4 is 34.9 Å². The van der Waals surface area contributed by atoms with Gasteiger partial charge >= 0.3 is 0 Å². The molecule has 2 heterocycles. The molecule has 4 rings (SSSR count). The van der Waals surface area contributed by atoms with Gasteiger partial charge in [-0.15, -0.1) is 0 Å². The van der Waals surface area contributed by atoms with E-state index in [1.54, 1.807) is 6.21 Å². The molecule has 1 atom stereocenters. The Kier molecular flexibility index (Phi) is 6.02. The summed E-state index contributed by atoms with van der Waals surface area (Å²) in [6.07, 6.45) is 5.59. The van der Waals surface area contributed by atoms with E-state index < -0.39 is 5.92 Å². The molecular weight excluding hydrogens is 374 g/mol. The maximum Gasteiger partial charge on any atom is 0.262 e. The monoisotopic (exact) mass is 401 g/mol. The number of rotatable bonds is 5. The largest absolute Gasteiger partial charge is 0.372 e. The highest BCUT2D eigenvalue weighted by Gasteiger charge is 2.36. The Morgan fingerprint density at radius 3 is 2.40 bits per heavy atom. The lowest BCUT2D eigenvalue weighted by atomic mass is 9.99. The first-order chi connectivity index (χ1) is 14.6. The van der Waals surface area contributed by atoms with Gasteiger partial charge in [-0.1, -0.05) is 30.3 Å². The zero-order chi connectivity index (χ0) is 20.9. The summed E-state index contributed by atoms with van der Waals surface area (Å²) in [5.74, 6) is -0.565. The molecule has 6 heteroatoms. The molecule has 0 spiro atoms. The van der Waals surface area contributed by atoms with Crippen LogP contribution in [0.5, 0.6) is 0 Å². The van der Waals surface area contributed by atoms with Crippen LogP contribution in [0.3, 0.4) is 0 Å². The van der Waals surface area contributed by atoms with E-state index in [0.717, 1.165) is 30.1 Å². The van der Waals surface area contributed by atoms with E-state index in [-0.39, 0.29) is 5.91 Å². The zero-order valence-corrected chi connectivity index (χ0v) is 17.5. The molecule has 1 saturated heterocycles. The summed E-state index contributed by atoms with van der Waals surface area (Å²) in [4.78, 5) is 15.3. The van der Waals surface area contributed by atoms with Gasteiger partial charge in [0.2, 0.25) is 0 Å². The first kappa shape index (κ1) is 20.0. The lowest BCUT2D eigenvalue weighted by molar-refractivity contribution is -0.118. The third-order valence-electron chi connectivity index (χ3n) is 5.59. The van der Waals surface area contributed by atoms with Gasteiger partial charge in [0.25, 0.3) is 5.91 Å². The third kappa shape index (κ3) is 4.32. The molecule has 30 heavy (non-hydrogen) atoms. The number of carbonyl (C=O) groups excluding carboxylic acids is 1. The lowest BCUT2D eigenvalue weighted by Crippen LogP contribution is -2.31. The van der Waals surface area contributed by atoms with Crippen molar-refractivity contribution in [3.63, 3.8) is 0 Å². The van der Waals surface area contributed by atoms with Gasteiger partial charge in [0.1, 0.15) is 5.92 Å². The lowest BCUT2D eigenvalue weighted by Gasteiger charge is -2.28. The van der Waals surface area contributed by atoms with Crippen molar-refractivity contribution in [1.82, 2.24) is 0 Å². The SMILES string of the molecule is CC1=NN(c2ccccc2)C(=O)C1/C(C)=N\N=C\c1ccc(N2CCCCC2)cc1. The van der Waals surface area contributed by atoms with Crippen LogP contribution in [0.25, 0.3) is 0 Å². The highest BCUT2D eigenvalue weighted by atomic mass is 16.2. The van der Waals surface area contributed by atoms with Crippen LogP contribution in [0.2, 0.25) is 0 Å². The normalized spacial score (nSPS) is 20.2. The predicted molar refractivity (Wildman–Crippen MR) is 124 cm³/mol. The quantitative estimate of drug-likeness (QED) is 0.547. The van der Waals surface area contributed by atoms with Crippen LogP contribution in [0.15, 0.2) is 69.9 Å². The summed E-state index contributed by atoms with van der Waals surface area (Å²) in [6.45, 7) is 5.95. The van der Waals surface area contributed by atoms with Crippen LogP contribution < -0.4 is 9.91 Å². The van der Waals surface area contributed by atoms with E-state index in [2.05, 4.69) is 44.5 Å². The summed E-state index contributed by atoms with van der Waals surface area (Å²) < 4.78 is 0. The smallest absolute Gasteiger partial charge is 0.262 e. The summed E-state index contributed by atoms with van der Waals surface area (Å²) >= 11 is 0. The highest BCUT2D eigenvalue weighted by Crippen LogP contribution is 2.24. The van der Waals surface area contributed by atoms with Crippen molar-refractivity contribution in [3.05, 3.63) is 60.2 Å². The van der Waals surface area contributed by atoms with Gasteiger partial charge in [-0.05, 0) is 62.9 Å². The molecule has 0 saturated carbocycles. The first-order valence-electron chi connectivity index (χ1n) is 10.5. The summed E-state index contributed by atoms with van der Waals surface area (Å²) in [6, 6.07) is 17.8. The molecule has 0 N–H and O–H groups in total. The van der Waals surface area contributed by atoms with Crippen LogP contribution in [0.4, 0.5) is 11.4 Å². The number of hydrazone groups is 1. The summed E-state index contributed by atoms with van der Waals surface area (Å²) in [7, 11) is 0. The van der Waals surface area contributed by atoms with E-state index in [1.807, 2.05) is 44.2 Å². The van der Waals surface area contributed by atoms with E-state index in [1.165, 1.54) is 30.0 Å². The second-order valence-corrected chi connectivity index (χ2v) is 7.79. The number of amides is 1. The third-order valence-corrected chi connectivity index (χ3v) is 5.59. The van der Waals surface area contributed by atoms with Crippen molar-refractivity contribution in [1.29, 1.82) is 0 Å². The van der Waals surface area contributed by atoms with Gasteiger partial charge in [0.15, 0.2) is 0 Å².